The van der Waals surface area contributed by atoms with Gasteiger partial charge in [0.2, 0.25) is 5.95 Å². The number of carbonyl (C=O) groups is 1. The van der Waals surface area contributed by atoms with Gasteiger partial charge in [0.15, 0.2) is 0 Å². The largest absolute Gasteiger partial charge is 0.444 e. The molecule has 2 aliphatic rings. The van der Waals surface area contributed by atoms with E-state index in [1.165, 1.54) is 5.56 Å². The first-order chi connectivity index (χ1) is 15.9. The van der Waals surface area contributed by atoms with Crippen molar-refractivity contribution >= 4 is 12.0 Å². The Kier molecular flexibility index (Phi) is 6.36. The number of anilines is 1. The van der Waals surface area contributed by atoms with Crippen molar-refractivity contribution in [2.75, 3.05) is 31.1 Å². The molecule has 2 aromatic rings. The van der Waals surface area contributed by atoms with Crippen molar-refractivity contribution in [2.24, 2.45) is 5.41 Å². The van der Waals surface area contributed by atoms with E-state index < -0.39 is 16.6 Å². The first kappa shape index (κ1) is 24.5. The van der Waals surface area contributed by atoms with Gasteiger partial charge in [0.05, 0.1) is 0 Å². The Morgan fingerprint density at radius 3 is 2.09 bits per heavy atom. The smallest absolute Gasteiger partial charge is 0.410 e. The predicted molar refractivity (Wildman–Crippen MR) is 133 cm³/mol. The van der Waals surface area contributed by atoms with Crippen LogP contribution < -0.4 is 4.90 Å². The van der Waals surface area contributed by atoms with E-state index in [2.05, 4.69) is 40.8 Å². The van der Waals surface area contributed by atoms with E-state index in [4.69, 9.17) is 4.74 Å². The summed E-state index contributed by atoms with van der Waals surface area (Å²) in [4.78, 5) is 25.7. The van der Waals surface area contributed by atoms with Gasteiger partial charge in [-0.05, 0) is 50.7 Å². The number of amides is 1. The lowest BCUT2D eigenvalue weighted by atomic mass is 9.62. The number of carbonyl (C=O) groups excluding carboxylic acids is 1. The van der Waals surface area contributed by atoms with Crippen molar-refractivity contribution in [3.8, 4) is 0 Å². The fourth-order valence-electron chi connectivity index (χ4n) is 5.04. The highest BCUT2D eigenvalue weighted by Gasteiger charge is 2.58. The van der Waals surface area contributed by atoms with Crippen molar-refractivity contribution in [2.45, 2.75) is 71.5 Å². The molecule has 1 amide bonds. The third-order valence-electron chi connectivity index (χ3n) is 7.04. The maximum atomic E-state index is 12.6. The van der Waals surface area contributed by atoms with Gasteiger partial charge in [0.1, 0.15) is 11.2 Å². The molecule has 2 saturated heterocycles. The van der Waals surface area contributed by atoms with E-state index in [9.17, 15) is 9.90 Å². The Bertz CT molecular complexity index is 1000. The van der Waals surface area contributed by atoms with Crippen molar-refractivity contribution in [1.29, 1.82) is 0 Å². The van der Waals surface area contributed by atoms with E-state index in [0.717, 1.165) is 31.5 Å². The summed E-state index contributed by atoms with van der Waals surface area (Å²) in [7, 11) is 0. The third-order valence-corrected chi connectivity index (χ3v) is 7.04. The molecule has 184 valence electrons. The van der Waals surface area contributed by atoms with E-state index in [1.807, 2.05) is 39.8 Å². The van der Waals surface area contributed by atoms with Gasteiger partial charge in [-0.15, -0.1) is 0 Å². The Hall–Kier alpha value is -2.67. The van der Waals surface area contributed by atoms with Gasteiger partial charge in [0.25, 0.3) is 0 Å². The molecular weight excluding hydrogens is 428 g/mol. The zero-order valence-electron chi connectivity index (χ0n) is 21.3. The second-order valence-electron chi connectivity index (χ2n) is 11.4. The van der Waals surface area contributed by atoms with Gasteiger partial charge < -0.3 is 19.6 Å². The number of rotatable bonds is 5. The van der Waals surface area contributed by atoms with Gasteiger partial charge in [-0.2, -0.15) is 0 Å². The molecule has 4 rings (SSSR count). The summed E-state index contributed by atoms with van der Waals surface area (Å²) in [5.41, 5.74) is 0.0816. The number of ether oxygens (including phenoxy) is 1. The number of benzene rings is 1. The first-order valence-electron chi connectivity index (χ1n) is 12.3. The highest BCUT2D eigenvalue weighted by atomic mass is 16.6. The summed E-state index contributed by atoms with van der Waals surface area (Å²) in [5, 5.41) is 12.4. The van der Waals surface area contributed by atoms with Crippen LogP contribution in [0.1, 0.15) is 77.0 Å². The summed E-state index contributed by atoms with van der Waals surface area (Å²) in [6, 6.07) is 8.12. The molecule has 1 aromatic heterocycles. The fraction of sp³-hybridized carbons (Fsp3) is 0.593. The average molecular weight is 467 g/mol. The van der Waals surface area contributed by atoms with Gasteiger partial charge >= 0.3 is 6.09 Å². The molecule has 1 N–H and O–H groups in total. The lowest BCUT2D eigenvalue weighted by Crippen LogP contribution is -2.66. The SMILES string of the molecule is CC(C)c1ccc(C(O)(c2cnc(N3CCCC3)nc2)C2(C)CN(C(=O)OC(C)(C)C)C2)cc1. The summed E-state index contributed by atoms with van der Waals surface area (Å²) in [5.74, 6) is 1.10. The molecule has 0 aliphatic carbocycles. The molecule has 7 nitrogen and oxygen atoms in total. The second kappa shape index (κ2) is 8.84. The first-order valence-corrected chi connectivity index (χ1v) is 12.3. The summed E-state index contributed by atoms with van der Waals surface area (Å²) >= 11 is 0. The normalized spacial score (nSPS) is 19.6. The summed E-state index contributed by atoms with van der Waals surface area (Å²) in [6.45, 7) is 14.6. The Morgan fingerprint density at radius 1 is 1.03 bits per heavy atom. The van der Waals surface area contributed by atoms with Crippen LogP contribution in [-0.2, 0) is 10.3 Å². The molecule has 0 bridgehead atoms. The zero-order chi connectivity index (χ0) is 24.7. The third kappa shape index (κ3) is 4.50. The molecule has 3 heterocycles. The minimum Gasteiger partial charge on any atom is -0.444 e. The standard InChI is InChI=1S/C27H38N4O3/c1-19(2)20-9-11-21(12-10-20)27(33,22-15-28-23(29-16-22)30-13-7-8-14-30)26(6)17-31(18-26)24(32)34-25(3,4)5/h9-12,15-16,19,33H,7-8,13-14,17-18H2,1-6H3. The molecule has 1 unspecified atom stereocenters. The maximum absolute atomic E-state index is 12.6. The molecule has 2 aliphatic heterocycles. The quantitative estimate of drug-likeness (QED) is 0.689. The van der Waals surface area contributed by atoms with E-state index in [1.54, 1.807) is 17.3 Å². The van der Waals surface area contributed by atoms with Crippen molar-refractivity contribution in [1.82, 2.24) is 14.9 Å². The van der Waals surface area contributed by atoms with Crippen LogP contribution in [-0.4, -0.2) is 57.8 Å². The maximum Gasteiger partial charge on any atom is 0.410 e. The molecule has 0 saturated carbocycles. The lowest BCUT2D eigenvalue weighted by molar-refractivity contribution is -0.131. The van der Waals surface area contributed by atoms with Crippen LogP contribution in [0.2, 0.25) is 0 Å². The van der Waals surface area contributed by atoms with E-state index in [0.29, 0.717) is 30.5 Å². The number of hydrogen-bond donors (Lipinski definition) is 1. The molecule has 0 radical (unpaired) electrons. The van der Waals surface area contributed by atoms with Crippen molar-refractivity contribution < 1.29 is 14.6 Å². The number of likely N-dealkylation sites (tertiary alicyclic amines) is 1. The van der Waals surface area contributed by atoms with Gasteiger partial charge in [-0.25, -0.2) is 14.8 Å². The summed E-state index contributed by atoms with van der Waals surface area (Å²) in [6.07, 6.45) is 5.44. The van der Waals surface area contributed by atoms with Crippen molar-refractivity contribution in [3.05, 3.63) is 53.3 Å². The lowest BCUT2D eigenvalue weighted by Gasteiger charge is -2.56. The number of aromatic nitrogens is 2. The van der Waals surface area contributed by atoms with Crippen LogP contribution in [0.4, 0.5) is 10.7 Å². The Morgan fingerprint density at radius 2 is 1.59 bits per heavy atom. The van der Waals surface area contributed by atoms with Crippen LogP contribution >= 0.6 is 0 Å². The molecule has 7 heteroatoms. The Labute approximate surface area is 203 Å². The molecule has 2 fully saturated rings. The summed E-state index contributed by atoms with van der Waals surface area (Å²) < 4.78 is 5.55. The van der Waals surface area contributed by atoms with Crippen LogP contribution in [0.3, 0.4) is 0 Å². The zero-order valence-corrected chi connectivity index (χ0v) is 21.3. The molecule has 1 atom stereocenters. The van der Waals surface area contributed by atoms with Crippen LogP contribution in [0, 0.1) is 5.41 Å². The van der Waals surface area contributed by atoms with Crippen LogP contribution in [0.5, 0.6) is 0 Å². The molecular formula is C27H38N4O3. The van der Waals surface area contributed by atoms with Crippen LogP contribution in [0.15, 0.2) is 36.7 Å². The van der Waals surface area contributed by atoms with E-state index >= 15 is 0 Å². The van der Waals surface area contributed by atoms with Crippen molar-refractivity contribution in [3.63, 3.8) is 0 Å². The topological polar surface area (TPSA) is 78.8 Å². The number of nitrogens with zero attached hydrogens (tertiary/aromatic N) is 4. The monoisotopic (exact) mass is 466 g/mol. The average Bonchev–Trinajstić information content (AvgIpc) is 3.30. The molecule has 34 heavy (non-hydrogen) atoms. The number of hydrogen-bond acceptors (Lipinski definition) is 6. The predicted octanol–water partition coefficient (Wildman–Crippen LogP) is 4.69. The Balaban J connectivity index is 1.67. The highest BCUT2D eigenvalue weighted by molar-refractivity contribution is 5.70. The fourth-order valence-corrected chi connectivity index (χ4v) is 5.04. The molecule has 0 spiro atoms. The number of aliphatic hydroxyl groups is 1. The van der Waals surface area contributed by atoms with Crippen LogP contribution in [0.25, 0.3) is 0 Å². The minimum absolute atomic E-state index is 0.358. The van der Waals surface area contributed by atoms with Gasteiger partial charge in [0, 0.05) is 49.6 Å². The second-order valence-corrected chi connectivity index (χ2v) is 11.4. The van der Waals surface area contributed by atoms with E-state index in [-0.39, 0.29) is 6.09 Å². The minimum atomic E-state index is -1.36. The van der Waals surface area contributed by atoms with Gasteiger partial charge in [-0.3, -0.25) is 0 Å². The highest BCUT2D eigenvalue weighted by Crippen LogP contribution is 2.50. The van der Waals surface area contributed by atoms with Gasteiger partial charge in [-0.1, -0.05) is 45.0 Å². The molecule has 1 aromatic carbocycles.